The van der Waals surface area contributed by atoms with Gasteiger partial charge >= 0.3 is 6.03 Å². The monoisotopic (exact) mass is 525 g/mol. The highest BCUT2D eigenvalue weighted by atomic mass is 16.5. The van der Waals surface area contributed by atoms with Gasteiger partial charge in [-0.1, -0.05) is 23.8 Å². The van der Waals surface area contributed by atoms with Crippen molar-refractivity contribution in [1.82, 2.24) is 34.3 Å². The lowest BCUT2D eigenvalue weighted by Crippen LogP contribution is -2.44. The van der Waals surface area contributed by atoms with E-state index in [-0.39, 0.29) is 0 Å². The first-order valence-corrected chi connectivity index (χ1v) is 12.6. The molecule has 11 heteroatoms. The molecule has 0 unspecified atom stereocenters. The number of hydrogen-bond acceptors (Lipinski definition) is 7. The van der Waals surface area contributed by atoms with Crippen LogP contribution in [0.1, 0.15) is 22.9 Å². The summed E-state index contributed by atoms with van der Waals surface area (Å²) in [4.78, 5) is 22.3. The van der Waals surface area contributed by atoms with Gasteiger partial charge < -0.3 is 10.5 Å². The van der Waals surface area contributed by atoms with Crippen molar-refractivity contribution < 1.29 is 9.53 Å². The molecule has 0 bridgehead atoms. The number of carbonyl (C=O) groups is 1. The fourth-order valence-corrected chi connectivity index (χ4v) is 4.34. The molecule has 2 amide bonds. The number of rotatable bonds is 6. The fourth-order valence-electron chi connectivity index (χ4n) is 4.34. The van der Waals surface area contributed by atoms with Gasteiger partial charge in [0.2, 0.25) is 5.88 Å². The van der Waals surface area contributed by atoms with E-state index >= 15 is 0 Å². The maximum Gasteiger partial charge on any atom is 0.320 e. The zero-order valence-corrected chi connectivity index (χ0v) is 22.0. The van der Waals surface area contributed by atoms with Crippen molar-refractivity contribution in [3.05, 3.63) is 96.2 Å². The Morgan fingerprint density at radius 1 is 1.13 bits per heavy atom. The van der Waals surface area contributed by atoms with Gasteiger partial charge in [-0.2, -0.15) is 10.2 Å². The van der Waals surface area contributed by atoms with Crippen LogP contribution in [0.5, 0.6) is 5.88 Å². The van der Waals surface area contributed by atoms with Crippen molar-refractivity contribution in [2.24, 2.45) is 10.7 Å². The highest BCUT2D eigenvalue weighted by molar-refractivity contribution is 5.85. The molecule has 4 aromatic rings. The number of nitrogens with two attached hydrogens (primary N) is 1. The summed E-state index contributed by atoms with van der Waals surface area (Å²) in [6.07, 6.45) is 8.53. The molecular formula is C28H31N9O2. The molecule has 1 saturated heterocycles. The van der Waals surface area contributed by atoms with E-state index in [1.54, 1.807) is 25.6 Å². The Kier molecular flexibility index (Phi) is 7.78. The standard InChI is InChI=1S/C23H24N6O.C5H7N3O/c1-17-7-9-20(10-8-17)29-23(28-12-4-11-24-28)13-21(26-29)18-14-27(15-18)16-19-5-3-6-22(25-19)30-2;6-5(9)8-3-1-2-7-4-8/h3-13,18H,14-16H2,1-2H3;1-2,4H,3H2,(H2,6,9). The molecule has 0 spiro atoms. The molecule has 1 aromatic carbocycles. The number of aromatic nitrogens is 5. The van der Waals surface area contributed by atoms with Crippen LogP contribution in [0, 0.1) is 6.92 Å². The number of pyridine rings is 1. The van der Waals surface area contributed by atoms with Crippen LogP contribution in [0.15, 0.2) is 84.3 Å². The van der Waals surface area contributed by atoms with Crippen LogP contribution < -0.4 is 10.5 Å². The molecule has 11 nitrogen and oxygen atoms in total. The van der Waals surface area contributed by atoms with Gasteiger partial charge in [-0.3, -0.25) is 9.80 Å². The normalized spacial score (nSPS) is 15.0. The average Bonchev–Trinajstić information content (AvgIpc) is 3.62. The summed E-state index contributed by atoms with van der Waals surface area (Å²) < 4.78 is 9.08. The molecule has 0 atom stereocenters. The minimum absolute atomic E-state index is 0.400. The first-order valence-electron chi connectivity index (χ1n) is 12.6. The number of amides is 2. The fraction of sp³-hybridized carbons (Fsp3) is 0.250. The molecule has 1 fully saturated rings. The number of methoxy groups -OCH3 is 1. The average molecular weight is 526 g/mol. The summed E-state index contributed by atoms with van der Waals surface area (Å²) in [6.45, 7) is 5.36. The highest BCUT2D eigenvalue weighted by Gasteiger charge is 2.31. The lowest BCUT2D eigenvalue weighted by Gasteiger charge is -2.38. The third kappa shape index (κ3) is 6.21. The predicted molar refractivity (Wildman–Crippen MR) is 148 cm³/mol. The first kappa shape index (κ1) is 25.9. The second kappa shape index (κ2) is 11.7. The summed E-state index contributed by atoms with van der Waals surface area (Å²) in [5.74, 6) is 2.01. The first-order chi connectivity index (χ1) is 19.0. The van der Waals surface area contributed by atoms with Crippen molar-refractivity contribution >= 4 is 12.4 Å². The number of ether oxygens (including phenoxy) is 1. The largest absolute Gasteiger partial charge is 0.481 e. The molecule has 39 heavy (non-hydrogen) atoms. The second-order valence-corrected chi connectivity index (χ2v) is 9.33. The van der Waals surface area contributed by atoms with Gasteiger partial charge in [0.05, 0.1) is 30.5 Å². The van der Waals surface area contributed by atoms with Crippen molar-refractivity contribution in [3.8, 4) is 17.4 Å². The quantitative estimate of drug-likeness (QED) is 0.413. The van der Waals surface area contributed by atoms with Crippen LogP contribution in [-0.4, -0.2) is 73.5 Å². The van der Waals surface area contributed by atoms with Gasteiger partial charge in [0.15, 0.2) is 5.82 Å². The van der Waals surface area contributed by atoms with E-state index in [9.17, 15) is 4.79 Å². The zero-order chi connectivity index (χ0) is 27.2. The molecule has 2 N–H and O–H groups in total. The number of aliphatic imine (C=N–C) groups is 1. The minimum Gasteiger partial charge on any atom is -0.481 e. The Balaban J connectivity index is 0.000000292. The molecule has 0 aliphatic carbocycles. The Bertz CT molecular complexity index is 1450. The number of carbonyl (C=O) groups excluding carboxylic acids is 1. The Hall–Kier alpha value is -4.77. The lowest BCUT2D eigenvalue weighted by atomic mass is 9.96. The van der Waals surface area contributed by atoms with E-state index < -0.39 is 6.03 Å². The molecule has 2 aliphatic heterocycles. The smallest absolute Gasteiger partial charge is 0.320 e. The van der Waals surface area contributed by atoms with Crippen molar-refractivity contribution in [2.75, 3.05) is 26.7 Å². The van der Waals surface area contributed by atoms with Crippen molar-refractivity contribution in [2.45, 2.75) is 19.4 Å². The Morgan fingerprint density at radius 2 is 1.95 bits per heavy atom. The van der Waals surface area contributed by atoms with E-state index in [0.717, 1.165) is 42.5 Å². The molecule has 3 aromatic heterocycles. The number of urea groups is 1. The minimum atomic E-state index is -0.469. The third-order valence-corrected chi connectivity index (χ3v) is 6.46. The molecular weight excluding hydrogens is 494 g/mol. The zero-order valence-electron chi connectivity index (χ0n) is 22.0. The van der Waals surface area contributed by atoms with Crippen LogP contribution >= 0.6 is 0 Å². The van der Waals surface area contributed by atoms with Gasteiger partial charge in [-0.25, -0.2) is 24.1 Å². The molecule has 6 rings (SSSR count). The van der Waals surface area contributed by atoms with E-state index in [1.807, 2.05) is 39.8 Å². The van der Waals surface area contributed by atoms with Gasteiger partial charge in [0.1, 0.15) is 0 Å². The number of benzene rings is 1. The lowest BCUT2D eigenvalue weighted by molar-refractivity contribution is 0.135. The van der Waals surface area contributed by atoms with E-state index in [4.69, 9.17) is 15.6 Å². The molecule has 0 saturated carbocycles. The Morgan fingerprint density at radius 3 is 2.59 bits per heavy atom. The van der Waals surface area contributed by atoms with E-state index in [2.05, 4.69) is 57.2 Å². The van der Waals surface area contributed by atoms with Gasteiger partial charge in [-0.15, -0.1) is 0 Å². The molecule has 2 aliphatic rings. The van der Waals surface area contributed by atoms with Gasteiger partial charge in [0.25, 0.3) is 0 Å². The predicted octanol–water partition coefficient (Wildman–Crippen LogP) is 3.29. The maximum absolute atomic E-state index is 10.4. The van der Waals surface area contributed by atoms with Crippen LogP contribution in [0.3, 0.4) is 0 Å². The van der Waals surface area contributed by atoms with Gasteiger partial charge in [0, 0.05) is 62.8 Å². The number of nitrogens with zero attached hydrogens (tertiary/aromatic N) is 8. The third-order valence-electron chi connectivity index (χ3n) is 6.46. The highest BCUT2D eigenvalue weighted by Crippen LogP contribution is 2.30. The molecule has 0 radical (unpaired) electrons. The molecule has 200 valence electrons. The van der Waals surface area contributed by atoms with E-state index in [1.165, 1.54) is 16.8 Å². The number of primary amides is 1. The summed E-state index contributed by atoms with van der Waals surface area (Å²) in [5, 5.41) is 9.37. The summed E-state index contributed by atoms with van der Waals surface area (Å²) in [7, 11) is 1.65. The molecule has 5 heterocycles. The van der Waals surface area contributed by atoms with Gasteiger partial charge in [-0.05, 0) is 37.3 Å². The van der Waals surface area contributed by atoms with Crippen LogP contribution in [0.2, 0.25) is 0 Å². The van der Waals surface area contributed by atoms with Crippen molar-refractivity contribution in [3.63, 3.8) is 0 Å². The number of likely N-dealkylation sites (tertiary alicyclic amines) is 1. The summed E-state index contributed by atoms with van der Waals surface area (Å²) >= 11 is 0. The topological polar surface area (TPSA) is 120 Å². The second-order valence-electron chi connectivity index (χ2n) is 9.33. The number of aryl methyl sites for hydroxylation is 1. The SMILES string of the molecule is COc1cccc(CN2CC(c3cc(-n4cccn4)n(-c4ccc(C)cc4)n3)C2)n1.NC(=O)N1C=NC=CC1. The van der Waals surface area contributed by atoms with E-state index in [0.29, 0.717) is 18.3 Å². The summed E-state index contributed by atoms with van der Waals surface area (Å²) in [5.41, 5.74) is 9.31. The van der Waals surface area contributed by atoms with Crippen LogP contribution in [0.25, 0.3) is 11.5 Å². The van der Waals surface area contributed by atoms with Crippen molar-refractivity contribution in [1.29, 1.82) is 0 Å². The number of hydrogen-bond donors (Lipinski definition) is 1. The van der Waals surface area contributed by atoms with Crippen LogP contribution in [0.4, 0.5) is 4.79 Å². The summed E-state index contributed by atoms with van der Waals surface area (Å²) in [6, 6.07) is 17.9. The van der Waals surface area contributed by atoms with Crippen LogP contribution in [-0.2, 0) is 6.54 Å². The Labute approximate surface area is 226 Å². The maximum atomic E-state index is 10.4.